The third-order valence-electron chi connectivity index (χ3n) is 4.00. The summed E-state index contributed by atoms with van der Waals surface area (Å²) in [5.41, 5.74) is 10.8. The summed E-state index contributed by atoms with van der Waals surface area (Å²) in [5.74, 6) is -2.50. The van der Waals surface area contributed by atoms with Gasteiger partial charge in [0.25, 0.3) is 5.91 Å². The third kappa shape index (κ3) is 4.54. The number of carbonyl (C=O) groups is 3. The molecule has 0 aliphatic heterocycles. The maximum atomic E-state index is 13.0. The predicted molar refractivity (Wildman–Crippen MR) is 107 cm³/mol. The number of nitrogens with one attached hydrogen (secondary N) is 1. The number of nitrogens with two attached hydrogens (primary N) is 2. The Morgan fingerprint density at radius 3 is 2.60 bits per heavy atom. The van der Waals surface area contributed by atoms with E-state index in [1.165, 1.54) is 11.5 Å². The summed E-state index contributed by atoms with van der Waals surface area (Å²) >= 11 is 1.07. The number of rotatable bonds is 9. The lowest BCUT2D eigenvalue weighted by molar-refractivity contribution is -0.119. The lowest BCUT2D eigenvalue weighted by Crippen LogP contribution is -2.28. The standard InChI is InChI=1S/C17H21N7O5S/c1-4-9(24-16(20)22-23-17(24)30-7-6-18)13(26)21-14-11(12(19)25)10(8(3)29-14)15(27)28-5-2/h9H,4-5,7H2,1-3H3,(H2,19,25)(H2,20,22)(H,21,26). The Bertz CT molecular complexity index is 1010. The first-order valence-electron chi connectivity index (χ1n) is 8.87. The van der Waals surface area contributed by atoms with Crippen LogP contribution in [0.15, 0.2) is 9.57 Å². The Morgan fingerprint density at radius 1 is 1.33 bits per heavy atom. The number of nitriles is 1. The predicted octanol–water partition coefficient (Wildman–Crippen LogP) is 1.24. The van der Waals surface area contributed by atoms with Crippen molar-refractivity contribution in [2.45, 2.75) is 38.4 Å². The van der Waals surface area contributed by atoms with Crippen LogP contribution >= 0.6 is 11.8 Å². The average molecular weight is 435 g/mol. The highest BCUT2D eigenvalue weighted by Gasteiger charge is 2.31. The van der Waals surface area contributed by atoms with E-state index in [4.69, 9.17) is 25.9 Å². The Kier molecular flexibility index (Phi) is 7.43. The van der Waals surface area contributed by atoms with E-state index in [2.05, 4.69) is 15.5 Å². The van der Waals surface area contributed by atoms with Crippen LogP contribution in [0.5, 0.6) is 0 Å². The van der Waals surface area contributed by atoms with Gasteiger partial charge >= 0.3 is 5.97 Å². The van der Waals surface area contributed by atoms with Gasteiger partial charge in [-0.15, -0.1) is 10.2 Å². The van der Waals surface area contributed by atoms with Gasteiger partial charge in [-0.3, -0.25) is 19.5 Å². The number of hydrogen-bond donors (Lipinski definition) is 3. The van der Waals surface area contributed by atoms with Gasteiger partial charge in [0.15, 0.2) is 5.16 Å². The molecule has 2 rings (SSSR count). The van der Waals surface area contributed by atoms with Gasteiger partial charge in [-0.1, -0.05) is 18.7 Å². The van der Waals surface area contributed by atoms with Gasteiger partial charge in [-0.2, -0.15) is 5.26 Å². The molecular formula is C17H21N7O5S. The first-order chi connectivity index (χ1) is 14.3. The zero-order valence-electron chi connectivity index (χ0n) is 16.6. The van der Waals surface area contributed by atoms with E-state index in [9.17, 15) is 14.4 Å². The molecule has 12 nitrogen and oxygen atoms in total. The van der Waals surface area contributed by atoms with Crippen molar-refractivity contribution in [1.29, 1.82) is 5.26 Å². The largest absolute Gasteiger partial charge is 0.462 e. The highest BCUT2D eigenvalue weighted by atomic mass is 32.2. The summed E-state index contributed by atoms with van der Waals surface area (Å²) in [6, 6.07) is 1.08. The molecule has 0 fully saturated rings. The van der Waals surface area contributed by atoms with Crippen molar-refractivity contribution in [3.05, 3.63) is 16.9 Å². The number of primary amides is 1. The van der Waals surface area contributed by atoms with Crippen molar-refractivity contribution >= 4 is 41.4 Å². The van der Waals surface area contributed by atoms with Gasteiger partial charge in [0.1, 0.15) is 22.9 Å². The average Bonchev–Trinajstić information content (AvgIpc) is 3.21. The smallest absolute Gasteiger partial charge is 0.342 e. The van der Waals surface area contributed by atoms with Crippen molar-refractivity contribution in [2.75, 3.05) is 23.4 Å². The summed E-state index contributed by atoms with van der Waals surface area (Å²) in [6.45, 7) is 4.86. The molecule has 30 heavy (non-hydrogen) atoms. The highest BCUT2D eigenvalue weighted by molar-refractivity contribution is 7.99. The number of furan rings is 1. The number of hydrogen-bond acceptors (Lipinski definition) is 10. The summed E-state index contributed by atoms with van der Waals surface area (Å²) in [7, 11) is 0. The molecule has 1 atom stereocenters. The van der Waals surface area contributed by atoms with Crippen LogP contribution in [0.1, 0.15) is 52.8 Å². The van der Waals surface area contributed by atoms with E-state index in [1.807, 2.05) is 6.07 Å². The maximum absolute atomic E-state index is 13.0. The minimum absolute atomic E-state index is 0.0181. The maximum Gasteiger partial charge on any atom is 0.342 e. The molecule has 1 unspecified atom stereocenters. The monoisotopic (exact) mass is 435 g/mol. The van der Waals surface area contributed by atoms with Crippen molar-refractivity contribution in [1.82, 2.24) is 14.8 Å². The Balaban J connectivity index is 2.41. The Morgan fingerprint density at radius 2 is 2.03 bits per heavy atom. The first-order valence-corrected chi connectivity index (χ1v) is 9.86. The fourth-order valence-corrected chi connectivity index (χ4v) is 3.43. The van der Waals surface area contributed by atoms with Crippen LogP contribution in [-0.4, -0.2) is 44.9 Å². The zero-order chi connectivity index (χ0) is 22.4. The number of thioether (sulfide) groups is 1. The fourth-order valence-electron chi connectivity index (χ4n) is 2.77. The molecule has 2 aromatic heterocycles. The Labute approximate surface area is 175 Å². The molecule has 0 saturated heterocycles. The number of nitrogen functional groups attached to an aromatic ring is 1. The topological polar surface area (TPSA) is 192 Å². The van der Waals surface area contributed by atoms with Gasteiger partial charge in [0.05, 0.1) is 18.4 Å². The third-order valence-corrected chi connectivity index (χ3v) is 4.81. The van der Waals surface area contributed by atoms with Crippen LogP contribution in [0.2, 0.25) is 0 Å². The van der Waals surface area contributed by atoms with Crippen molar-refractivity contribution < 1.29 is 23.5 Å². The molecule has 2 amide bonds. The van der Waals surface area contributed by atoms with E-state index in [-0.39, 0.29) is 52.7 Å². The molecule has 0 saturated carbocycles. The second-order valence-electron chi connectivity index (χ2n) is 5.89. The number of aryl methyl sites for hydroxylation is 1. The van der Waals surface area contributed by atoms with Crippen molar-refractivity contribution in [3.63, 3.8) is 0 Å². The summed E-state index contributed by atoms with van der Waals surface area (Å²) in [6.07, 6.45) is 0.282. The lowest BCUT2D eigenvalue weighted by Gasteiger charge is -2.18. The molecule has 2 heterocycles. The molecule has 160 valence electrons. The van der Waals surface area contributed by atoms with E-state index in [1.54, 1.807) is 13.8 Å². The molecule has 13 heteroatoms. The fraction of sp³-hybridized carbons (Fsp3) is 0.412. The van der Waals surface area contributed by atoms with Crippen LogP contribution in [-0.2, 0) is 9.53 Å². The summed E-state index contributed by atoms with van der Waals surface area (Å²) < 4.78 is 11.7. The molecular weight excluding hydrogens is 414 g/mol. The van der Waals surface area contributed by atoms with Crippen molar-refractivity contribution in [3.8, 4) is 6.07 Å². The van der Waals surface area contributed by atoms with Crippen LogP contribution in [0.4, 0.5) is 11.8 Å². The first kappa shape index (κ1) is 22.8. The minimum atomic E-state index is -0.965. The molecule has 2 aromatic rings. The zero-order valence-corrected chi connectivity index (χ0v) is 17.4. The Hall–Kier alpha value is -3.53. The molecule has 0 aliphatic carbocycles. The second kappa shape index (κ2) is 9.79. The molecule has 0 aromatic carbocycles. The highest BCUT2D eigenvalue weighted by Crippen LogP contribution is 2.30. The van der Waals surface area contributed by atoms with Gasteiger partial charge in [-0.25, -0.2) is 4.79 Å². The summed E-state index contributed by atoms with van der Waals surface area (Å²) in [5, 5.41) is 19.2. The number of ether oxygens (including phenoxy) is 1. The number of nitrogens with zero attached hydrogens (tertiary/aromatic N) is 4. The van der Waals surface area contributed by atoms with Crippen LogP contribution in [0.3, 0.4) is 0 Å². The van der Waals surface area contributed by atoms with Gasteiger partial charge in [0, 0.05) is 0 Å². The van der Waals surface area contributed by atoms with Gasteiger partial charge in [0.2, 0.25) is 17.7 Å². The van der Waals surface area contributed by atoms with E-state index in [0.29, 0.717) is 0 Å². The quantitative estimate of drug-likeness (QED) is 0.381. The van der Waals surface area contributed by atoms with Crippen LogP contribution < -0.4 is 16.8 Å². The SMILES string of the molecule is CCOC(=O)c1c(C)oc(NC(=O)C(CC)n2c(N)nnc2SCC#N)c1C(N)=O. The second-order valence-corrected chi connectivity index (χ2v) is 6.84. The number of esters is 1. The summed E-state index contributed by atoms with van der Waals surface area (Å²) in [4.78, 5) is 37.1. The molecule has 0 radical (unpaired) electrons. The lowest BCUT2D eigenvalue weighted by atomic mass is 10.1. The van der Waals surface area contributed by atoms with Gasteiger partial charge in [-0.05, 0) is 20.3 Å². The van der Waals surface area contributed by atoms with Crippen LogP contribution in [0, 0.1) is 18.3 Å². The molecule has 0 aliphatic rings. The normalized spacial score (nSPS) is 11.5. The van der Waals surface area contributed by atoms with E-state index >= 15 is 0 Å². The number of aromatic nitrogens is 3. The van der Waals surface area contributed by atoms with E-state index in [0.717, 1.165) is 11.8 Å². The number of amides is 2. The van der Waals surface area contributed by atoms with E-state index < -0.39 is 23.8 Å². The molecule has 5 N–H and O–H groups in total. The van der Waals surface area contributed by atoms with Gasteiger partial charge < -0.3 is 20.6 Å². The van der Waals surface area contributed by atoms with Crippen molar-refractivity contribution in [2.24, 2.45) is 5.73 Å². The number of carbonyl (C=O) groups excluding carboxylic acids is 3. The number of anilines is 2. The molecule has 0 bridgehead atoms. The minimum Gasteiger partial charge on any atom is -0.462 e. The van der Waals surface area contributed by atoms with Crippen LogP contribution in [0.25, 0.3) is 0 Å². The molecule has 0 spiro atoms.